The first kappa shape index (κ1) is 13.8. The summed E-state index contributed by atoms with van der Waals surface area (Å²) in [6, 6.07) is 3.11. The van der Waals surface area contributed by atoms with Gasteiger partial charge in [0.1, 0.15) is 11.9 Å². The van der Waals surface area contributed by atoms with E-state index < -0.39 is 18.1 Å². The van der Waals surface area contributed by atoms with Crippen LogP contribution in [-0.4, -0.2) is 25.5 Å². The van der Waals surface area contributed by atoms with E-state index >= 15 is 0 Å². The lowest BCUT2D eigenvalue weighted by atomic mass is 10.1. The molecule has 0 radical (unpaired) electrons. The van der Waals surface area contributed by atoms with Gasteiger partial charge in [-0.25, -0.2) is 4.39 Å². The zero-order chi connectivity index (χ0) is 13.3. The van der Waals surface area contributed by atoms with Crippen molar-refractivity contribution >= 4 is 15.9 Å². The Labute approximate surface area is 109 Å². The molecule has 0 bridgehead atoms. The summed E-state index contributed by atoms with van der Waals surface area (Å²) in [5, 5.41) is 0. The molecule has 1 heterocycles. The molecule has 1 fully saturated rings. The molecule has 2 rings (SSSR count). The third kappa shape index (κ3) is 3.43. The molecule has 7 heteroatoms. The number of rotatable bonds is 4. The van der Waals surface area contributed by atoms with E-state index in [1.165, 1.54) is 6.07 Å². The molecule has 0 aliphatic carbocycles. The molecule has 1 aromatic rings. The molecular weight excluding hydrogens is 320 g/mol. The molecular formula is C11H9BrF4O2. The minimum absolute atomic E-state index is 0.156. The Morgan fingerprint density at radius 2 is 2.11 bits per heavy atom. The average molecular weight is 329 g/mol. The van der Waals surface area contributed by atoms with E-state index in [2.05, 4.69) is 15.9 Å². The predicted octanol–water partition coefficient (Wildman–Crippen LogP) is 3.61. The summed E-state index contributed by atoms with van der Waals surface area (Å²) < 4.78 is 61.4. The lowest BCUT2D eigenvalue weighted by molar-refractivity contribution is -0.225. The van der Waals surface area contributed by atoms with Crippen molar-refractivity contribution in [3.8, 4) is 0 Å². The Morgan fingerprint density at radius 3 is 2.67 bits per heavy atom. The highest BCUT2D eigenvalue weighted by Crippen LogP contribution is 2.39. The van der Waals surface area contributed by atoms with E-state index in [4.69, 9.17) is 9.47 Å². The van der Waals surface area contributed by atoms with Crippen LogP contribution in [0.1, 0.15) is 11.7 Å². The lowest BCUT2D eigenvalue weighted by Gasteiger charge is -2.22. The van der Waals surface area contributed by atoms with Crippen molar-refractivity contribution in [2.24, 2.45) is 0 Å². The van der Waals surface area contributed by atoms with Gasteiger partial charge < -0.3 is 9.47 Å². The maximum Gasteiger partial charge on any atom is 0.418 e. The standard InChI is InChI=1S/C11H9BrF4O2/c12-9-2-1-6(13)3-8(9)10(11(14,15)16)18-5-7-4-17-7/h1-3,7,10H,4-5H2/t7-,10-/m0/s1. The summed E-state index contributed by atoms with van der Waals surface area (Å²) in [7, 11) is 0. The molecule has 0 N–H and O–H groups in total. The van der Waals surface area contributed by atoms with Crippen molar-refractivity contribution < 1.29 is 27.0 Å². The van der Waals surface area contributed by atoms with Crippen molar-refractivity contribution in [3.05, 3.63) is 34.1 Å². The van der Waals surface area contributed by atoms with Crippen LogP contribution >= 0.6 is 15.9 Å². The van der Waals surface area contributed by atoms with Gasteiger partial charge in [0.25, 0.3) is 0 Å². The predicted molar refractivity (Wildman–Crippen MR) is 58.6 cm³/mol. The zero-order valence-electron chi connectivity index (χ0n) is 9.01. The molecule has 0 unspecified atom stereocenters. The Hall–Kier alpha value is -0.660. The second kappa shape index (κ2) is 5.14. The van der Waals surface area contributed by atoms with Crippen LogP contribution in [0.2, 0.25) is 0 Å². The first-order chi connectivity index (χ1) is 8.38. The van der Waals surface area contributed by atoms with Crippen LogP contribution in [0.4, 0.5) is 17.6 Å². The monoisotopic (exact) mass is 328 g/mol. The van der Waals surface area contributed by atoms with E-state index in [0.717, 1.165) is 12.1 Å². The smallest absolute Gasteiger partial charge is 0.371 e. The topological polar surface area (TPSA) is 21.8 Å². The molecule has 2 atom stereocenters. The minimum Gasteiger partial charge on any atom is -0.371 e. The fraction of sp³-hybridized carbons (Fsp3) is 0.455. The van der Waals surface area contributed by atoms with E-state index in [1.807, 2.05) is 0 Å². The molecule has 0 saturated carbocycles. The van der Waals surface area contributed by atoms with Gasteiger partial charge in [-0.2, -0.15) is 13.2 Å². The third-order valence-corrected chi connectivity index (χ3v) is 3.11. The van der Waals surface area contributed by atoms with E-state index in [9.17, 15) is 17.6 Å². The van der Waals surface area contributed by atoms with Crippen LogP contribution in [0.15, 0.2) is 22.7 Å². The summed E-state index contributed by atoms with van der Waals surface area (Å²) in [5.41, 5.74) is -0.275. The SMILES string of the molecule is Fc1ccc(Br)c([C@H](OC[C@@H]2CO2)C(F)(F)F)c1. The Balaban J connectivity index is 2.23. The maximum atomic E-state index is 13.0. The van der Waals surface area contributed by atoms with Gasteiger partial charge in [0.2, 0.25) is 0 Å². The molecule has 1 aliphatic rings. The maximum absolute atomic E-state index is 13.0. The molecule has 0 aromatic heterocycles. The van der Waals surface area contributed by atoms with Gasteiger partial charge in [0, 0.05) is 10.0 Å². The van der Waals surface area contributed by atoms with E-state index in [-0.39, 0.29) is 22.7 Å². The molecule has 0 spiro atoms. The molecule has 18 heavy (non-hydrogen) atoms. The molecule has 1 saturated heterocycles. The largest absolute Gasteiger partial charge is 0.418 e. The van der Waals surface area contributed by atoms with Crippen molar-refractivity contribution in [3.63, 3.8) is 0 Å². The van der Waals surface area contributed by atoms with Crippen LogP contribution in [0, 0.1) is 5.82 Å². The van der Waals surface area contributed by atoms with Crippen LogP contribution < -0.4 is 0 Å². The van der Waals surface area contributed by atoms with Gasteiger partial charge in [-0.3, -0.25) is 0 Å². The van der Waals surface area contributed by atoms with Gasteiger partial charge in [-0.1, -0.05) is 15.9 Å². The highest BCUT2D eigenvalue weighted by atomic mass is 79.9. The van der Waals surface area contributed by atoms with Gasteiger partial charge in [-0.15, -0.1) is 0 Å². The van der Waals surface area contributed by atoms with Gasteiger partial charge in [-0.05, 0) is 18.2 Å². The lowest BCUT2D eigenvalue weighted by Crippen LogP contribution is -2.25. The highest BCUT2D eigenvalue weighted by molar-refractivity contribution is 9.10. The summed E-state index contributed by atoms with van der Waals surface area (Å²) in [5.74, 6) is -0.742. The highest BCUT2D eigenvalue weighted by Gasteiger charge is 2.44. The third-order valence-electron chi connectivity index (χ3n) is 2.39. The molecule has 2 nitrogen and oxygen atoms in total. The quantitative estimate of drug-likeness (QED) is 0.622. The van der Waals surface area contributed by atoms with Crippen LogP contribution in [0.25, 0.3) is 0 Å². The molecule has 100 valence electrons. The number of benzene rings is 1. The van der Waals surface area contributed by atoms with Crippen molar-refractivity contribution in [2.45, 2.75) is 18.4 Å². The zero-order valence-corrected chi connectivity index (χ0v) is 10.6. The minimum atomic E-state index is -4.61. The Kier molecular flexibility index (Phi) is 3.93. The molecule has 1 aliphatic heterocycles. The molecule has 1 aromatic carbocycles. The number of alkyl halides is 3. The van der Waals surface area contributed by atoms with Crippen LogP contribution in [0.5, 0.6) is 0 Å². The van der Waals surface area contributed by atoms with Crippen LogP contribution in [-0.2, 0) is 9.47 Å². The average Bonchev–Trinajstić information content (AvgIpc) is 3.05. The number of hydrogen-bond donors (Lipinski definition) is 0. The normalized spacial score (nSPS) is 20.8. The van der Waals surface area contributed by atoms with Crippen molar-refractivity contribution in [2.75, 3.05) is 13.2 Å². The summed E-state index contributed by atoms with van der Waals surface area (Å²) in [4.78, 5) is 0. The number of ether oxygens (including phenoxy) is 2. The number of halogens is 5. The number of hydrogen-bond acceptors (Lipinski definition) is 2. The second-order valence-corrected chi connectivity index (χ2v) is 4.73. The molecule has 0 amide bonds. The second-order valence-electron chi connectivity index (χ2n) is 3.88. The first-order valence-electron chi connectivity index (χ1n) is 5.13. The summed E-state index contributed by atoms with van der Waals surface area (Å²) >= 11 is 2.97. The Morgan fingerprint density at radius 1 is 1.44 bits per heavy atom. The summed E-state index contributed by atoms with van der Waals surface area (Å²) in [6.45, 7) is 0.238. The van der Waals surface area contributed by atoms with Gasteiger partial charge >= 0.3 is 6.18 Å². The first-order valence-corrected chi connectivity index (χ1v) is 5.92. The Bertz CT molecular complexity index is 432. The van der Waals surface area contributed by atoms with Crippen molar-refractivity contribution in [1.82, 2.24) is 0 Å². The van der Waals surface area contributed by atoms with Crippen molar-refractivity contribution in [1.29, 1.82) is 0 Å². The fourth-order valence-electron chi connectivity index (χ4n) is 1.44. The van der Waals surface area contributed by atoms with Gasteiger partial charge in [0.05, 0.1) is 13.2 Å². The van der Waals surface area contributed by atoms with E-state index in [1.54, 1.807) is 0 Å². The van der Waals surface area contributed by atoms with Gasteiger partial charge in [0.15, 0.2) is 6.10 Å². The van der Waals surface area contributed by atoms with Crippen LogP contribution in [0.3, 0.4) is 0 Å². The van der Waals surface area contributed by atoms with E-state index in [0.29, 0.717) is 6.61 Å². The fourth-order valence-corrected chi connectivity index (χ4v) is 1.90. The summed E-state index contributed by atoms with van der Waals surface area (Å²) in [6.07, 6.45) is -7.06. The number of epoxide rings is 1.